The number of hydrogen-bond donors (Lipinski definition) is 1. The number of benzene rings is 1. The van der Waals surface area contributed by atoms with E-state index in [1.165, 1.54) is 16.7 Å². The average molecular weight is 234 g/mol. The fourth-order valence-corrected chi connectivity index (χ4v) is 2.23. The SMILES string of the molecule is Cc1ccc(CN2CCOC(CN)C2)cc1C. The maximum absolute atomic E-state index is 5.65. The van der Waals surface area contributed by atoms with Gasteiger partial charge in [0, 0.05) is 26.2 Å². The molecule has 2 N–H and O–H groups in total. The van der Waals surface area contributed by atoms with E-state index in [9.17, 15) is 0 Å². The topological polar surface area (TPSA) is 38.5 Å². The van der Waals surface area contributed by atoms with Gasteiger partial charge in [0.1, 0.15) is 0 Å². The lowest BCUT2D eigenvalue weighted by Crippen LogP contribution is -2.45. The van der Waals surface area contributed by atoms with Crippen LogP contribution in [0.5, 0.6) is 0 Å². The minimum atomic E-state index is 0.204. The number of hydrogen-bond acceptors (Lipinski definition) is 3. The van der Waals surface area contributed by atoms with E-state index in [1.807, 2.05) is 0 Å². The van der Waals surface area contributed by atoms with Gasteiger partial charge in [-0.25, -0.2) is 0 Å². The summed E-state index contributed by atoms with van der Waals surface area (Å²) in [6, 6.07) is 6.70. The molecule has 1 atom stereocenters. The predicted molar refractivity (Wildman–Crippen MR) is 70.0 cm³/mol. The van der Waals surface area contributed by atoms with Gasteiger partial charge in [-0.2, -0.15) is 0 Å². The van der Waals surface area contributed by atoms with E-state index in [2.05, 4.69) is 36.9 Å². The molecule has 1 unspecified atom stereocenters. The molecule has 0 radical (unpaired) electrons. The molecule has 3 nitrogen and oxygen atoms in total. The van der Waals surface area contributed by atoms with Crippen molar-refractivity contribution in [3.05, 3.63) is 34.9 Å². The van der Waals surface area contributed by atoms with Gasteiger partial charge >= 0.3 is 0 Å². The molecule has 1 saturated heterocycles. The molecular weight excluding hydrogens is 212 g/mol. The van der Waals surface area contributed by atoms with Crippen molar-refractivity contribution >= 4 is 0 Å². The average Bonchev–Trinajstić information content (AvgIpc) is 2.34. The Morgan fingerprint density at radius 3 is 2.88 bits per heavy atom. The molecule has 1 aromatic rings. The zero-order valence-electron chi connectivity index (χ0n) is 10.8. The van der Waals surface area contributed by atoms with Crippen LogP contribution in [0.2, 0.25) is 0 Å². The first-order chi connectivity index (χ1) is 8.19. The van der Waals surface area contributed by atoms with Crippen molar-refractivity contribution in [1.82, 2.24) is 4.90 Å². The van der Waals surface area contributed by atoms with Crippen molar-refractivity contribution in [3.8, 4) is 0 Å². The molecule has 2 rings (SSSR count). The fourth-order valence-electron chi connectivity index (χ4n) is 2.23. The first-order valence-corrected chi connectivity index (χ1v) is 6.29. The Balaban J connectivity index is 1.97. The summed E-state index contributed by atoms with van der Waals surface area (Å²) in [7, 11) is 0. The van der Waals surface area contributed by atoms with Gasteiger partial charge in [0.2, 0.25) is 0 Å². The van der Waals surface area contributed by atoms with Gasteiger partial charge in [0.15, 0.2) is 0 Å². The largest absolute Gasteiger partial charge is 0.374 e. The number of ether oxygens (including phenoxy) is 1. The van der Waals surface area contributed by atoms with Crippen LogP contribution in [0.3, 0.4) is 0 Å². The third kappa shape index (κ3) is 3.28. The van der Waals surface area contributed by atoms with Gasteiger partial charge in [-0.1, -0.05) is 18.2 Å². The summed E-state index contributed by atoms with van der Waals surface area (Å²) < 4.78 is 5.57. The lowest BCUT2D eigenvalue weighted by Gasteiger charge is -2.32. The standard InChI is InChI=1S/C14H22N2O/c1-11-3-4-13(7-12(11)2)9-16-5-6-17-14(8-15)10-16/h3-4,7,14H,5-6,8-10,15H2,1-2H3. The molecule has 1 aliphatic heterocycles. The van der Waals surface area contributed by atoms with Crippen molar-refractivity contribution in [3.63, 3.8) is 0 Å². The highest BCUT2D eigenvalue weighted by Crippen LogP contribution is 2.14. The molecule has 1 fully saturated rings. The molecule has 1 aliphatic rings. The molecule has 0 amide bonds. The molecule has 0 spiro atoms. The molecule has 0 saturated carbocycles. The quantitative estimate of drug-likeness (QED) is 0.860. The van der Waals surface area contributed by atoms with Crippen LogP contribution in [0.4, 0.5) is 0 Å². The maximum Gasteiger partial charge on any atom is 0.0824 e. The predicted octanol–water partition coefficient (Wildman–Crippen LogP) is 1.46. The highest BCUT2D eigenvalue weighted by atomic mass is 16.5. The Hall–Kier alpha value is -0.900. The van der Waals surface area contributed by atoms with Crippen molar-refractivity contribution in [2.75, 3.05) is 26.2 Å². The molecule has 17 heavy (non-hydrogen) atoms. The number of aryl methyl sites for hydroxylation is 2. The highest BCUT2D eigenvalue weighted by Gasteiger charge is 2.18. The minimum absolute atomic E-state index is 0.204. The third-order valence-corrected chi connectivity index (χ3v) is 3.46. The Bertz CT molecular complexity index is 378. The Morgan fingerprint density at radius 2 is 2.18 bits per heavy atom. The molecular formula is C14H22N2O. The first-order valence-electron chi connectivity index (χ1n) is 6.29. The second-order valence-corrected chi connectivity index (χ2v) is 4.88. The van der Waals surface area contributed by atoms with Gasteiger partial charge < -0.3 is 10.5 Å². The van der Waals surface area contributed by atoms with E-state index >= 15 is 0 Å². The van der Waals surface area contributed by atoms with Crippen LogP contribution in [-0.4, -0.2) is 37.2 Å². The zero-order chi connectivity index (χ0) is 12.3. The van der Waals surface area contributed by atoms with E-state index < -0.39 is 0 Å². The van der Waals surface area contributed by atoms with Crippen LogP contribution in [0.1, 0.15) is 16.7 Å². The van der Waals surface area contributed by atoms with Crippen LogP contribution < -0.4 is 5.73 Å². The molecule has 1 heterocycles. The summed E-state index contributed by atoms with van der Waals surface area (Å²) in [6.07, 6.45) is 0.204. The number of nitrogens with zero attached hydrogens (tertiary/aromatic N) is 1. The van der Waals surface area contributed by atoms with Gasteiger partial charge in [0.25, 0.3) is 0 Å². The van der Waals surface area contributed by atoms with E-state index in [0.717, 1.165) is 26.2 Å². The maximum atomic E-state index is 5.65. The number of rotatable bonds is 3. The lowest BCUT2D eigenvalue weighted by atomic mass is 10.1. The Labute approximate surface area is 104 Å². The Morgan fingerprint density at radius 1 is 1.35 bits per heavy atom. The van der Waals surface area contributed by atoms with Gasteiger partial charge in [-0.15, -0.1) is 0 Å². The second-order valence-electron chi connectivity index (χ2n) is 4.88. The smallest absolute Gasteiger partial charge is 0.0824 e. The third-order valence-electron chi connectivity index (χ3n) is 3.46. The molecule has 94 valence electrons. The summed E-state index contributed by atoms with van der Waals surface area (Å²) in [6.45, 7) is 8.68. The summed E-state index contributed by atoms with van der Waals surface area (Å²) in [5.74, 6) is 0. The van der Waals surface area contributed by atoms with Crippen LogP contribution >= 0.6 is 0 Å². The van der Waals surface area contributed by atoms with Crippen LogP contribution in [0, 0.1) is 13.8 Å². The fraction of sp³-hybridized carbons (Fsp3) is 0.571. The van der Waals surface area contributed by atoms with E-state index in [4.69, 9.17) is 10.5 Å². The van der Waals surface area contributed by atoms with E-state index in [0.29, 0.717) is 6.54 Å². The van der Waals surface area contributed by atoms with Crippen LogP contribution in [0.15, 0.2) is 18.2 Å². The second kappa shape index (κ2) is 5.63. The van der Waals surface area contributed by atoms with Crippen molar-refractivity contribution < 1.29 is 4.74 Å². The van der Waals surface area contributed by atoms with Crippen molar-refractivity contribution in [2.24, 2.45) is 5.73 Å². The Kier molecular flexibility index (Phi) is 4.15. The molecule has 0 aromatic heterocycles. The normalized spacial score (nSPS) is 21.7. The van der Waals surface area contributed by atoms with Crippen LogP contribution in [-0.2, 0) is 11.3 Å². The van der Waals surface area contributed by atoms with Crippen molar-refractivity contribution in [1.29, 1.82) is 0 Å². The van der Waals surface area contributed by atoms with E-state index in [1.54, 1.807) is 0 Å². The zero-order valence-corrected chi connectivity index (χ0v) is 10.8. The number of morpholine rings is 1. The van der Waals surface area contributed by atoms with Gasteiger partial charge in [-0.05, 0) is 30.5 Å². The monoisotopic (exact) mass is 234 g/mol. The van der Waals surface area contributed by atoms with Crippen LogP contribution in [0.25, 0.3) is 0 Å². The number of nitrogens with two attached hydrogens (primary N) is 1. The molecule has 1 aromatic carbocycles. The minimum Gasteiger partial charge on any atom is -0.374 e. The van der Waals surface area contributed by atoms with Crippen molar-refractivity contribution in [2.45, 2.75) is 26.5 Å². The summed E-state index contributed by atoms with van der Waals surface area (Å²) in [5.41, 5.74) is 9.76. The first kappa shape index (κ1) is 12.6. The molecule has 0 aliphatic carbocycles. The molecule has 3 heteroatoms. The van der Waals surface area contributed by atoms with Gasteiger partial charge in [-0.3, -0.25) is 4.90 Å². The highest BCUT2D eigenvalue weighted by molar-refractivity contribution is 5.29. The summed E-state index contributed by atoms with van der Waals surface area (Å²) in [5, 5.41) is 0. The summed E-state index contributed by atoms with van der Waals surface area (Å²) >= 11 is 0. The lowest BCUT2D eigenvalue weighted by molar-refractivity contribution is -0.0260. The summed E-state index contributed by atoms with van der Waals surface area (Å²) in [4.78, 5) is 2.42. The molecule has 0 bridgehead atoms. The van der Waals surface area contributed by atoms with E-state index in [-0.39, 0.29) is 6.10 Å². The van der Waals surface area contributed by atoms with Gasteiger partial charge in [0.05, 0.1) is 12.7 Å².